The summed E-state index contributed by atoms with van der Waals surface area (Å²) in [5.74, 6) is 2.13. The van der Waals surface area contributed by atoms with Gasteiger partial charge in [-0.25, -0.2) is 0 Å². The molecule has 0 saturated heterocycles. The topological polar surface area (TPSA) is 45.0 Å². The van der Waals surface area contributed by atoms with E-state index < -0.39 is 0 Å². The van der Waals surface area contributed by atoms with Crippen LogP contribution in [0, 0.1) is 23.2 Å². The van der Waals surface area contributed by atoms with Gasteiger partial charge in [0.05, 0.1) is 18.4 Å². The predicted octanol–water partition coefficient (Wildman–Crippen LogP) is 3.80. The average Bonchev–Trinajstić information content (AvgIpc) is 2.43. The molecule has 0 heterocycles. The van der Waals surface area contributed by atoms with Crippen molar-refractivity contribution in [2.75, 3.05) is 12.4 Å². The minimum atomic E-state index is 0.423. The molecule has 3 nitrogen and oxygen atoms in total. The van der Waals surface area contributed by atoms with Gasteiger partial charge in [0.15, 0.2) is 0 Å². The second kappa shape index (κ2) is 5.97. The Balaban J connectivity index is 2.24. The zero-order chi connectivity index (χ0) is 13.8. The van der Waals surface area contributed by atoms with Crippen LogP contribution in [0.3, 0.4) is 0 Å². The number of hydrogen-bond donors (Lipinski definition) is 1. The summed E-state index contributed by atoms with van der Waals surface area (Å²) in [6.45, 7) is 4.58. The van der Waals surface area contributed by atoms with Gasteiger partial charge >= 0.3 is 0 Å². The maximum absolute atomic E-state index is 9.24. The molecule has 1 aromatic carbocycles. The molecule has 3 heteroatoms. The molecule has 0 aromatic heterocycles. The second-order valence-corrected chi connectivity index (χ2v) is 5.64. The molecule has 3 unspecified atom stereocenters. The summed E-state index contributed by atoms with van der Waals surface area (Å²) in [6.07, 6.45) is 3.70. The molecular weight excluding hydrogens is 236 g/mol. The smallest absolute Gasteiger partial charge is 0.143 e. The molecule has 19 heavy (non-hydrogen) atoms. The molecule has 102 valence electrons. The number of methoxy groups -OCH3 is 1. The van der Waals surface area contributed by atoms with Crippen molar-refractivity contribution >= 4 is 5.69 Å². The van der Waals surface area contributed by atoms with Gasteiger partial charge in [-0.1, -0.05) is 26.3 Å². The number of nitrogens with zero attached hydrogens (tertiary/aromatic N) is 1. The van der Waals surface area contributed by atoms with Crippen LogP contribution in [0.25, 0.3) is 0 Å². The number of nitrogens with one attached hydrogen (secondary N) is 1. The molecule has 0 aliphatic heterocycles. The zero-order valence-electron chi connectivity index (χ0n) is 11.9. The summed E-state index contributed by atoms with van der Waals surface area (Å²) in [5, 5.41) is 12.8. The van der Waals surface area contributed by atoms with Gasteiger partial charge in [-0.05, 0) is 36.8 Å². The van der Waals surface area contributed by atoms with Crippen molar-refractivity contribution < 1.29 is 4.74 Å². The standard InChI is InChI=1S/C16H22N2O/c1-11-7-8-12(2)14(9-11)18-16-13(10-17)5-4-6-15(16)19-3/h4-6,11-12,14,18H,7-9H2,1-3H3. The summed E-state index contributed by atoms with van der Waals surface area (Å²) >= 11 is 0. The van der Waals surface area contributed by atoms with Gasteiger partial charge in [-0.3, -0.25) is 0 Å². The van der Waals surface area contributed by atoms with Crippen molar-refractivity contribution in [2.45, 2.75) is 39.2 Å². The van der Waals surface area contributed by atoms with E-state index in [0.29, 0.717) is 17.5 Å². The summed E-state index contributed by atoms with van der Waals surface area (Å²) in [7, 11) is 1.65. The number of para-hydroxylation sites is 1. The van der Waals surface area contributed by atoms with Crippen LogP contribution in [0.15, 0.2) is 18.2 Å². The zero-order valence-corrected chi connectivity index (χ0v) is 11.9. The molecule has 0 spiro atoms. The van der Waals surface area contributed by atoms with Crippen LogP contribution < -0.4 is 10.1 Å². The van der Waals surface area contributed by atoms with E-state index in [1.165, 1.54) is 12.8 Å². The third kappa shape index (κ3) is 3.01. The van der Waals surface area contributed by atoms with E-state index in [2.05, 4.69) is 25.2 Å². The largest absolute Gasteiger partial charge is 0.495 e. The quantitative estimate of drug-likeness (QED) is 0.896. The summed E-state index contributed by atoms with van der Waals surface area (Å²) in [4.78, 5) is 0. The first kappa shape index (κ1) is 13.7. The average molecular weight is 258 g/mol. The van der Waals surface area contributed by atoms with Crippen LogP contribution in [0.5, 0.6) is 5.75 Å². The first-order valence-corrected chi connectivity index (χ1v) is 6.99. The van der Waals surface area contributed by atoms with Crippen LogP contribution in [0.2, 0.25) is 0 Å². The Kier molecular flexibility index (Phi) is 4.31. The molecule has 1 saturated carbocycles. The van der Waals surface area contributed by atoms with Crippen molar-refractivity contribution in [1.82, 2.24) is 0 Å². The SMILES string of the molecule is COc1cccc(C#N)c1NC1CC(C)CCC1C. The highest BCUT2D eigenvalue weighted by atomic mass is 16.5. The van der Waals surface area contributed by atoms with Gasteiger partial charge in [-0.15, -0.1) is 0 Å². The van der Waals surface area contributed by atoms with Gasteiger partial charge in [-0.2, -0.15) is 5.26 Å². The van der Waals surface area contributed by atoms with Crippen molar-refractivity contribution in [2.24, 2.45) is 11.8 Å². The summed E-state index contributed by atoms with van der Waals surface area (Å²) in [5.41, 5.74) is 1.50. The minimum absolute atomic E-state index is 0.423. The van der Waals surface area contributed by atoms with E-state index in [0.717, 1.165) is 23.8 Å². The number of ether oxygens (including phenoxy) is 1. The van der Waals surface area contributed by atoms with Gasteiger partial charge in [0.1, 0.15) is 11.8 Å². The van der Waals surface area contributed by atoms with Gasteiger partial charge in [0.2, 0.25) is 0 Å². The van der Waals surface area contributed by atoms with Crippen molar-refractivity contribution in [3.8, 4) is 11.8 Å². The third-order valence-corrected chi connectivity index (χ3v) is 4.15. The van der Waals surface area contributed by atoms with E-state index in [4.69, 9.17) is 4.74 Å². The highest BCUT2D eigenvalue weighted by Gasteiger charge is 2.26. The molecule has 2 rings (SSSR count). The lowest BCUT2D eigenvalue weighted by atomic mass is 9.80. The molecule has 0 bridgehead atoms. The first-order chi connectivity index (χ1) is 9.15. The maximum atomic E-state index is 9.24. The van der Waals surface area contributed by atoms with Gasteiger partial charge in [0.25, 0.3) is 0 Å². The van der Waals surface area contributed by atoms with Crippen LogP contribution in [0.1, 0.15) is 38.7 Å². The van der Waals surface area contributed by atoms with Crippen LogP contribution >= 0.6 is 0 Å². The molecule has 1 aromatic rings. The summed E-state index contributed by atoms with van der Waals surface area (Å²) < 4.78 is 5.38. The lowest BCUT2D eigenvalue weighted by Gasteiger charge is -2.34. The summed E-state index contributed by atoms with van der Waals surface area (Å²) in [6, 6.07) is 8.26. The van der Waals surface area contributed by atoms with Crippen LogP contribution in [-0.4, -0.2) is 13.2 Å². The van der Waals surface area contributed by atoms with E-state index in [-0.39, 0.29) is 0 Å². The van der Waals surface area contributed by atoms with Gasteiger partial charge in [0, 0.05) is 6.04 Å². The first-order valence-electron chi connectivity index (χ1n) is 6.99. The Morgan fingerprint density at radius 3 is 2.79 bits per heavy atom. The normalized spacial score (nSPS) is 26.5. The second-order valence-electron chi connectivity index (χ2n) is 5.64. The minimum Gasteiger partial charge on any atom is -0.495 e. The molecule has 0 radical (unpaired) electrons. The molecule has 1 aliphatic carbocycles. The molecule has 0 amide bonds. The van der Waals surface area contributed by atoms with Crippen molar-refractivity contribution in [3.63, 3.8) is 0 Å². The van der Waals surface area contributed by atoms with Crippen LogP contribution in [-0.2, 0) is 0 Å². The molecule has 1 aliphatic rings. The molecule has 3 atom stereocenters. The van der Waals surface area contributed by atoms with Crippen LogP contribution in [0.4, 0.5) is 5.69 Å². The third-order valence-electron chi connectivity index (χ3n) is 4.15. The highest BCUT2D eigenvalue weighted by Crippen LogP contribution is 2.34. The Morgan fingerprint density at radius 1 is 1.32 bits per heavy atom. The van der Waals surface area contributed by atoms with E-state index in [1.54, 1.807) is 7.11 Å². The van der Waals surface area contributed by atoms with Crippen molar-refractivity contribution in [1.29, 1.82) is 5.26 Å². The number of anilines is 1. The number of nitriles is 1. The molecular formula is C16H22N2O. The van der Waals surface area contributed by atoms with E-state index in [1.807, 2.05) is 18.2 Å². The maximum Gasteiger partial charge on any atom is 0.143 e. The van der Waals surface area contributed by atoms with Crippen molar-refractivity contribution in [3.05, 3.63) is 23.8 Å². The Hall–Kier alpha value is -1.69. The number of benzene rings is 1. The molecule has 1 N–H and O–H groups in total. The Labute approximate surface area is 115 Å². The lowest BCUT2D eigenvalue weighted by molar-refractivity contribution is 0.280. The highest BCUT2D eigenvalue weighted by molar-refractivity contribution is 5.66. The number of hydrogen-bond acceptors (Lipinski definition) is 3. The van der Waals surface area contributed by atoms with Gasteiger partial charge < -0.3 is 10.1 Å². The Bertz CT molecular complexity index is 478. The molecule has 1 fully saturated rings. The lowest BCUT2D eigenvalue weighted by Crippen LogP contribution is -2.33. The van der Waals surface area contributed by atoms with E-state index in [9.17, 15) is 5.26 Å². The monoisotopic (exact) mass is 258 g/mol. The predicted molar refractivity (Wildman–Crippen MR) is 77.3 cm³/mol. The fraction of sp³-hybridized carbons (Fsp3) is 0.562. The fourth-order valence-electron chi connectivity index (χ4n) is 2.86. The Morgan fingerprint density at radius 2 is 2.11 bits per heavy atom. The number of rotatable bonds is 3. The fourth-order valence-corrected chi connectivity index (χ4v) is 2.86. The van der Waals surface area contributed by atoms with E-state index >= 15 is 0 Å².